The summed E-state index contributed by atoms with van der Waals surface area (Å²) in [6, 6.07) is 7.50. The van der Waals surface area contributed by atoms with Crippen molar-refractivity contribution in [3.63, 3.8) is 0 Å². The number of benzene rings is 1. The van der Waals surface area contributed by atoms with Crippen LogP contribution in [0.5, 0.6) is 5.75 Å². The smallest absolute Gasteiger partial charge is 0.144 e. The van der Waals surface area contributed by atoms with Crippen molar-refractivity contribution in [3.05, 3.63) is 29.8 Å². The number of thiol groups is 1. The average molecular weight is 182 g/mol. The van der Waals surface area contributed by atoms with E-state index in [1.165, 1.54) is 0 Å². The van der Waals surface area contributed by atoms with Crippen LogP contribution in [0.25, 0.3) is 0 Å². The second kappa shape index (κ2) is 2.99. The standard InChI is InChI=1S/C9H10O2S/c10-7-5-9(12)11-8-4-2-1-3-6(7)8/h1-4,7,9-10,12H,5H2/t7-,9+/m0/s1. The van der Waals surface area contributed by atoms with Crippen molar-refractivity contribution >= 4 is 12.6 Å². The molecule has 0 aliphatic carbocycles. The van der Waals surface area contributed by atoms with Crippen molar-refractivity contribution in [3.8, 4) is 5.75 Å². The molecule has 0 aromatic heterocycles. The molecule has 0 saturated carbocycles. The van der Waals surface area contributed by atoms with Crippen LogP contribution in [0.1, 0.15) is 18.1 Å². The van der Waals surface area contributed by atoms with E-state index in [0.29, 0.717) is 6.42 Å². The molecule has 12 heavy (non-hydrogen) atoms. The van der Waals surface area contributed by atoms with Crippen LogP contribution in [-0.2, 0) is 0 Å². The van der Waals surface area contributed by atoms with Crippen LogP contribution >= 0.6 is 12.6 Å². The molecule has 1 N–H and O–H groups in total. The van der Waals surface area contributed by atoms with E-state index in [2.05, 4.69) is 12.6 Å². The van der Waals surface area contributed by atoms with Crippen molar-refractivity contribution in [1.82, 2.24) is 0 Å². The fourth-order valence-electron chi connectivity index (χ4n) is 1.38. The van der Waals surface area contributed by atoms with Crippen LogP contribution < -0.4 is 4.74 Å². The first kappa shape index (κ1) is 7.95. The zero-order valence-electron chi connectivity index (χ0n) is 6.47. The lowest BCUT2D eigenvalue weighted by Gasteiger charge is -2.26. The number of aliphatic hydroxyl groups excluding tert-OH is 1. The average Bonchev–Trinajstić information content (AvgIpc) is 2.04. The SMILES string of the molecule is O[C@H]1C[C@@H](S)Oc2ccccc21. The van der Waals surface area contributed by atoms with Gasteiger partial charge in [0, 0.05) is 12.0 Å². The van der Waals surface area contributed by atoms with Gasteiger partial charge < -0.3 is 9.84 Å². The van der Waals surface area contributed by atoms with E-state index in [9.17, 15) is 5.11 Å². The van der Waals surface area contributed by atoms with Crippen LogP contribution in [0.2, 0.25) is 0 Å². The van der Waals surface area contributed by atoms with Gasteiger partial charge in [0.2, 0.25) is 0 Å². The zero-order chi connectivity index (χ0) is 8.55. The Labute approximate surface area is 76.6 Å². The fraction of sp³-hybridized carbons (Fsp3) is 0.333. The predicted molar refractivity (Wildman–Crippen MR) is 49.4 cm³/mol. The van der Waals surface area contributed by atoms with Crippen molar-refractivity contribution in [2.24, 2.45) is 0 Å². The van der Waals surface area contributed by atoms with Crippen LogP contribution in [0, 0.1) is 0 Å². The third-order valence-electron chi connectivity index (χ3n) is 1.97. The maximum Gasteiger partial charge on any atom is 0.144 e. The number of hydrogen-bond acceptors (Lipinski definition) is 3. The number of rotatable bonds is 0. The number of para-hydroxylation sites is 1. The van der Waals surface area contributed by atoms with Gasteiger partial charge in [-0.1, -0.05) is 18.2 Å². The lowest BCUT2D eigenvalue weighted by Crippen LogP contribution is -2.20. The topological polar surface area (TPSA) is 29.5 Å². The molecule has 1 aromatic rings. The van der Waals surface area contributed by atoms with Gasteiger partial charge in [-0.15, -0.1) is 12.6 Å². The Morgan fingerprint density at radius 2 is 2.17 bits per heavy atom. The monoisotopic (exact) mass is 182 g/mol. The molecule has 2 rings (SSSR count). The summed E-state index contributed by atoms with van der Waals surface area (Å²) in [5.41, 5.74) is 0.678. The highest BCUT2D eigenvalue weighted by Crippen LogP contribution is 2.34. The van der Waals surface area contributed by atoms with Gasteiger partial charge in [-0.3, -0.25) is 0 Å². The minimum Gasteiger partial charge on any atom is -0.480 e. The highest BCUT2D eigenvalue weighted by molar-refractivity contribution is 7.80. The van der Waals surface area contributed by atoms with E-state index >= 15 is 0 Å². The molecule has 0 radical (unpaired) electrons. The van der Waals surface area contributed by atoms with Gasteiger partial charge in [0.25, 0.3) is 0 Å². The lowest BCUT2D eigenvalue weighted by atomic mass is 10.0. The fourth-order valence-corrected chi connectivity index (χ4v) is 1.69. The Kier molecular flexibility index (Phi) is 1.98. The van der Waals surface area contributed by atoms with Crippen molar-refractivity contribution in [2.75, 3.05) is 0 Å². The number of ether oxygens (including phenoxy) is 1. The number of hydrogen-bond donors (Lipinski definition) is 2. The van der Waals surface area contributed by atoms with Gasteiger partial charge in [-0.05, 0) is 6.07 Å². The molecule has 1 heterocycles. The van der Waals surface area contributed by atoms with E-state index in [0.717, 1.165) is 11.3 Å². The Balaban J connectivity index is 2.40. The minimum atomic E-state index is -0.433. The minimum absolute atomic E-state index is 0.185. The van der Waals surface area contributed by atoms with Crippen LogP contribution in [0.15, 0.2) is 24.3 Å². The molecule has 0 bridgehead atoms. The van der Waals surface area contributed by atoms with Gasteiger partial charge in [0.05, 0.1) is 6.10 Å². The first-order chi connectivity index (χ1) is 5.77. The van der Waals surface area contributed by atoms with Gasteiger partial charge in [0.1, 0.15) is 11.2 Å². The molecular formula is C9H10O2S. The molecule has 2 atom stereocenters. The highest BCUT2D eigenvalue weighted by Gasteiger charge is 2.23. The normalized spacial score (nSPS) is 27.5. The second-order valence-electron chi connectivity index (χ2n) is 2.86. The molecular weight excluding hydrogens is 172 g/mol. The van der Waals surface area contributed by atoms with Gasteiger partial charge in [-0.25, -0.2) is 0 Å². The number of fused-ring (bicyclic) bond motifs is 1. The summed E-state index contributed by atoms with van der Waals surface area (Å²) in [6.45, 7) is 0. The third kappa shape index (κ3) is 1.30. The summed E-state index contributed by atoms with van der Waals surface area (Å²) in [4.78, 5) is 0. The molecule has 2 nitrogen and oxygen atoms in total. The highest BCUT2D eigenvalue weighted by atomic mass is 32.1. The molecule has 3 heteroatoms. The largest absolute Gasteiger partial charge is 0.480 e. The Morgan fingerprint density at radius 3 is 3.00 bits per heavy atom. The van der Waals surface area contributed by atoms with Crippen LogP contribution in [0.4, 0.5) is 0 Å². The molecule has 0 fully saturated rings. The maximum atomic E-state index is 9.60. The zero-order valence-corrected chi connectivity index (χ0v) is 7.37. The van der Waals surface area contributed by atoms with E-state index in [-0.39, 0.29) is 5.44 Å². The second-order valence-corrected chi connectivity index (χ2v) is 3.44. The van der Waals surface area contributed by atoms with Gasteiger partial charge in [-0.2, -0.15) is 0 Å². The summed E-state index contributed by atoms with van der Waals surface area (Å²) >= 11 is 4.16. The van der Waals surface area contributed by atoms with Gasteiger partial charge in [0.15, 0.2) is 0 Å². The molecule has 0 saturated heterocycles. The first-order valence-electron chi connectivity index (χ1n) is 3.89. The van der Waals surface area contributed by atoms with Crippen molar-refractivity contribution < 1.29 is 9.84 Å². The summed E-state index contributed by atoms with van der Waals surface area (Å²) in [5.74, 6) is 0.747. The molecule has 1 aromatic carbocycles. The molecule has 0 amide bonds. The summed E-state index contributed by atoms with van der Waals surface area (Å²) in [5, 5.41) is 9.60. The van der Waals surface area contributed by atoms with Crippen LogP contribution in [0.3, 0.4) is 0 Å². The molecule has 64 valence electrons. The Bertz CT molecular complexity index is 288. The van der Waals surface area contributed by atoms with E-state index in [1.54, 1.807) is 0 Å². The Morgan fingerprint density at radius 1 is 1.42 bits per heavy atom. The molecule has 1 aliphatic rings. The van der Waals surface area contributed by atoms with Crippen molar-refractivity contribution in [1.29, 1.82) is 0 Å². The lowest BCUT2D eigenvalue weighted by molar-refractivity contribution is 0.103. The summed E-state index contributed by atoms with van der Waals surface area (Å²) < 4.78 is 5.41. The molecule has 0 spiro atoms. The van der Waals surface area contributed by atoms with Crippen molar-refractivity contribution in [2.45, 2.75) is 18.0 Å². The summed E-state index contributed by atoms with van der Waals surface area (Å²) in [6.07, 6.45) is 0.123. The first-order valence-corrected chi connectivity index (χ1v) is 4.41. The third-order valence-corrected chi connectivity index (χ3v) is 2.28. The quantitative estimate of drug-likeness (QED) is 0.599. The molecule has 1 aliphatic heterocycles. The predicted octanol–water partition coefficient (Wildman–Crippen LogP) is 1.76. The maximum absolute atomic E-state index is 9.60. The van der Waals surface area contributed by atoms with Crippen LogP contribution in [-0.4, -0.2) is 10.5 Å². The van der Waals surface area contributed by atoms with E-state index < -0.39 is 6.10 Å². The Hall–Kier alpha value is -0.670. The number of aliphatic hydroxyl groups is 1. The van der Waals surface area contributed by atoms with Gasteiger partial charge >= 0.3 is 0 Å². The molecule has 0 unspecified atom stereocenters. The van der Waals surface area contributed by atoms with E-state index in [1.807, 2.05) is 24.3 Å². The summed E-state index contributed by atoms with van der Waals surface area (Å²) in [7, 11) is 0. The van der Waals surface area contributed by atoms with E-state index in [4.69, 9.17) is 4.74 Å².